The maximum atomic E-state index is 14.0. The Labute approximate surface area is 162 Å². The van der Waals surface area contributed by atoms with Crippen LogP contribution in [0.3, 0.4) is 0 Å². The Hall–Kier alpha value is -3.14. The van der Waals surface area contributed by atoms with E-state index in [9.17, 15) is 18.4 Å². The van der Waals surface area contributed by atoms with E-state index in [0.29, 0.717) is 18.4 Å². The minimum Gasteiger partial charge on any atom is -0.423 e. The first kappa shape index (κ1) is 19.6. The van der Waals surface area contributed by atoms with Crippen molar-refractivity contribution in [2.45, 2.75) is 26.3 Å². The molecule has 0 fully saturated rings. The Kier molecular flexibility index (Phi) is 6.09. The minimum absolute atomic E-state index is 0.0485. The van der Waals surface area contributed by atoms with Crippen molar-refractivity contribution in [2.24, 2.45) is 0 Å². The topological polar surface area (TPSA) is 97.1 Å². The van der Waals surface area contributed by atoms with Crippen LogP contribution in [-0.2, 0) is 24.2 Å². The summed E-state index contributed by atoms with van der Waals surface area (Å²) in [5, 5.41) is 14.1. The van der Waals surface area contributed by atoms with Crippen molar-refractivity contribution in [1.82, 2.24) is 15.5 Å². The van der Waals surface area contributed by atoms with Crippen LogP contribution in [0.15, 0.2) is 34.1 Å². The third-order valence-electron chi connectivity index (χ3n) is 3.70. The summed E-state index contributed by atoms with van der Waals surface area (Å²) in [5.41, 5.74) is -0.692. The molecule has 2 heterocycles. The summed E-state index contributed by atoms with van der Waals surface area (Å²) >= 11 is 1.39. The second-order valence-electron chi connectivity index (χ2n) is 5.74. The van der Waals surface area contributed by atoms with Crippen molar-refractivity contribution in [1.29, 1.82) is 0 Å². The van der Waals surface area contributed by atoms with E-state index in [2.05, 4.69) is 20.8 Å². The van der Waals surface area contributed by atoms with Gasteiger partial charge in [0.2, 0.25) is 17.7 Å². The zero-order chi connectivity index (χ0) is 20.1. The number of carbonyl (C=O) groups is 2. The van der Waals surface area contributed by atoms with Crippen molar-refractivity contribution in [3.8, 4) is 0 Å². The minimum atomic E-state index is -1.05. The fourth-order valence-corrected chi connectivity index (χ4v) is 3.04. The summed E-state index contributed by atoms with van der Waals surface area (Å²) in [6.45, 7) is 1.72. The van der Waals surface area contributed by atoms with E-state index in [1.807, 2.05) is 12.3 Å². The predicted octanol–water partition coefficient (Wildman–Crippen LogP) is 3.08. The average molecular weight is 406 g/mol. The van der Waals surface area contributed by atoms with Gasteiger partial charge in [-0.1, -0.05) is 13.0 Å². The predicted molar refractivity (Wildman–Crippen MR) is 97.9 cm³/mol. The molecule has 0 bridgehead atoms. The summed E-state index contributed by atoms with van der Waals surface area (Å²) in [6, 6.07) is 5.07. The quantitative estimate of drug-likeness (QED) is 0.629. The average Bonchev–Trinajstić information content (AvgIpc) is 3.33. The van der Waals surface area contributed by atoms with E-state index >= 15 is 0 Å². The summed E-state index contributed by atoms with van der Waals surface area (Å²) in [7, 11) is 0. The number of rotatable bonds is 7. The van der Waals surface area contributed by atoms with Crippen LogP contribution in [0.25, 0.3) is 0 Å². The molecule has 3 rings (SSSR count). The lowest BCUT2D eigenvalue weighted by atomic mass is 10.1. The Bertz CT molecular complexity index is 989. The second kappa shape index (κ2) is 8.70. The molecule has 28 heavy (non-hydrogen) atoms. The van der Waals surface area contributed by atoms with E-state index in [-0.39, 0.29) is 24.5 Å². The van der Waals surface area contributed by atoms with Crippen LogP contribution in [0.1, 0.15) is 33.9 Å². The van der Waals surface area contributed by atoms with Crippen LogP contribution < -0.4 is 10.6 Å². The SMILES string of the molecule is CCc1nnc(CNC(=O)c2cc(NC(=O)Cc3cccs3)c(F)cc2F)o1. The summed E-state index contributed by atoms with van der Waals surface area (Å²) in [4.78, 5) is 25.1. The van der Waals surface area contributed by atoms with Gasteiger partial charge in [-0.05, 0) is 17.5 Å². The standard InChI is InChI=1S/C18H16F2N4O3S/c1-2-16-23-24-17(27-16)9-21-18(26)11-7-14(13(20)8-12(11)19)22-15(25)6-10-4-3-5-28-10/h3-5,7-8H,2,6,9H2,1H3,(H,21,26)(H,22,25). The molecule has 0 aliphatic carbocycles. The number of amides is 2. The monoisotopic (exact) mass is 406 g/mol. The lowest BCUT2D eigenvalue weighted by molar-refractivity contribution is -0.115. The number of carbonyl (C=O) groups excluding carboxylic acids is 2. The number of benzene rings is 1. The molecule has 0 spiro atoms. The number of halogens is 2. The van der Waals surface area contributed by atoms with E-state index in [1.54, 1.807) is 12.1 Å². The maximum Gasteiger partial charge on any atom is 0.254 e. The first-order valence-electron chi connectivity index (χ1n) is 8.37. The third kappa shape index (κ3) is 4.77. The van der Waals surface area contributed by atoms with Gasteiger partial charge in [0.05, 0.1) is 24.2 Å². The molecular formula is C18H16F2N4O3S. The first-order valence-corrected chi connectivity index (χ1v) is 9.25. The number of hydrogen-bond donors (Lipinski definition) is 2. The van der Waals surface area contributed by atoms with E-state index in [4.69, 9.17) is 4.42 Å². The zero-order valence-corrected chi connectivity index (χ0v) is 15.6. The van der Waals surface area contributed by atoms with Crippen LogP contribution in [0.2, 0.25) is 0 Å². The maximum absolute atomic E-state index is 14.0. The van der Waals surface area contributed by atoms with Gasteiger partial charge in [0.15, 0.2) is 0 Å². The van der Waals surface area contributed by atoms with Crippen molar-refractivity contribution < 1.29 is 22.8 Å². The van der Waals surface area contributed by atoms with Crippen molar-refractivity contribution in [3.63, 3.8) is 0 Å². The number of hydrogen-bond acceptors (Lipinski definition) is 6. The highest BCUT2D eigenvalue weighted by Gasteiger charge is 2.18. The Morgan fingerprint density at radius 1 is 1.18 bits per heavy atom. The highest BCUT2D eigenvalue weighted by Crippen LogP contribution is 2.20. The second-order valence-corrected chi connectivity index (χ2v) is 6.77. The van der Waals surface area contributed by atoms with Crippen LogP contribution in [0.4, 0.5) is 14.5 Å². The molecular weight excluding hydrogens is 390 g/mol. The van der Waals surface area contributed by atoms with Gasteiger partial charge in [-0.2, -0.15) is 0 Å². The largest absolute Gasteiger partial charge is 0.423 e. The van der Waals surface area contributed by atoms with Crippen LogP contribution in [0, 0.1) is 11.6 Å². The van der Waals surface area contributed by atoms with Crippen molar-refractivity contribution >= 4 is 28.8 Å². The highest BCUT2D eigenvalue weighted by atomic mass is 32.1. The third-order valence-corrected chi connectivity index (χ3v) is 4.58. The smallest absolute Gasteiger partial charge is 0.254 e. The van der Waals surface area contributed by atoms with Gasteiger partial charge in [-0.25, -0.2) is 8.78 Å². The van der Waals surface area contributed by atoms with Gasteiger partial charge in [-0.15, -0.1) is 21.5 Å². The Morgan fingerprint density at radius 3 is 2.64 bits per heavy atom. The fourth-order valence-electron chi connectivity index (χ4n) is 2.34. The normalized spacial score (nSPS) is 10.7. The number of nitrogens with zero attached hydrogens (tertiary/aromatic N) is 2. The molecule has 0 saturated carbocycles. The molecule has 0 atom stereocenters. The lowest BCUT2D eigenvalue weighted by Gasteiger charge is -2.10. The fraction of sp³-hybridized carbons (Fsp3) is 0.222. The number of thiophene rings is 1. The summed E-state index contributed by atoms with van der Waals surface area (Å²) in [5.74, 6) is -2.73. The zero-order valence-electron chi connectivity index (χ0n) is 14.8. The molecule has 2 aromatic heterocycles. The van der Waals surface area contributed by atoms with Gasteiger partial charge >= 0.3 is 0 Å². The molecule has 3 aromatic rings. The molecule has 2 N–H and O–H groups in total. The molecule has 10 heteroatoms. The van der Waals surface area contributed by atoms with Gasteiger partial charge < -0.3 is 15.1 Å². The molecule has 0 unspecified atom stereocenters. The van der Waals surface area contributed by atoms with Crippen LogP contribution in [0.5, 0.6) is 0 Å². The number of anilines is 1. The van der Waals surface area contributed by atoms with Crippen molar-refractivity contribution in [3.05, 3.63) is 63.5 Å². The van der Waals surface area contributed by atoms with Crippen LogP contribution >= 0.6 is 11.3 Å². The number of nitrogens with one attached hydrogen (secondary N) is 2. The first-order chi connectivity index (χ1) is 13.5. The van der Waals surface area contributed by atoms with E-state index < -0.39 is 29.0 Å². The molecule has 7 nitrogen and oxygen atoms in total. The Morgan fingerprint density at radius 2 is 1.96 bits per heavy atom. The Balaban J connectivity index is 1.69. The molecule has 146 valence electrons. The number of aromatic nitrogens is 2. The molecule has 2 amide bonds. The van der Waals surface area contributed by atoms with E-state index in [1.165, 1.54) is 11.3 Å². The molecule has 0 aliphatic rings. The summed E-state index contributed by atoms with van der Waals surface area (Å²) in [6.07, 6.45) is 0.592. The van der Waals surface area contributed by atoms with Crippen LogP contribution in [-0.4, -0.2) is 22.0 Å². The van der Waals surface area contributed by atoms with Crippen molar-refractivity contribution in [2.75, 3.05) is 5.32 Å². The lowest BCUT2D eigenvalue weighted by Crippen LogP contribution is -2.25. The van der Waals surface area contributed by atoms with Gasteiger partial charge in [0, 0.05) is 17.4 Å². The summed E-state index contributed by atoms with van der Waals surface area (Å²) < 4.78 is 33.3. The van der Waals surface area contributed by atoms with E-state index in [0.717, 1.165) is 10.9 Å². The molecule has 0 saturated heterocycles. The molecule has 0 aliphatic heterocycles. The van der Waals surface area contributed by atoms with Gasteiger partial charge in [0.25, 0.3) is 5.91 Å². The molecule has 1 aromatic carbocycles. The van der Waals surface area contributed by atoms with Gasteiger partial charge in [0.1, 0.15) is 11.6 Å². The molecule has 0 radical (unpaired) electrons. The highest BCUT2D eigenvalue weighted by molar-refractivity contribution is 7.10. The van der Waals surface area contributed by atoms with Gasteiger partial charge in [-0.3, -0.25) is 9.59 Å². The number of aryl methyl sites for hydroxylation is 1.